The van der Waals surface area contributed by atoms with Crippen LogP contribution < -0.4 is 28.3 Å². The highest BCUT2D eigenvalue weighted by molar-refractivity contribution is 5.05. The van der Waals surface area contributed by atoms with Gasteiger partial charge in [-0.25, -0.2) is 0 Å². The van der Waals surface area contributed by atoms with Gasteiger partial charge in [0.15, 0.2) is 18.9 Å². The zero-order valence-corrected chi connectivity index (χ0v) is 23.3. The van der Waals surface area contributed by atoms with Crippen LogP contribution in [0.2, 0.25) is 0 Å². The SMILES string of the molecule is CC[C@@H]1C=C[C@@H](N)[C@@H](O[C@H]2[C@H](O[C@@H]3O[C@H](CO)[C@@H](O[C@H]4O[C@@H](CN)[C@@H](O)[C@H](O)[C@H]4N)[C@H]3O)[C@@H](O)[C@H](NC)C[C@@H]2N)O1. The van der Waals surface area contributed by atoms with Crippen LogP contribution in [0.5, 0.6) is 0 Å². The fourth-order valence-electron chi connectivity index (χ4n) is 5.73. The lowest BCUT2D eigenvalue weighted by Crippen LogP contribution is -2.65. The van der Waals surface area contributed by atoms with Crippen molar-refractivity contribution in [2.75, 3.05) is 20.2 Å². The van der Waals surface area contributed by atoms with Crippen molar-refractivity contribution < 1.29 is 54.0 Å². The van der Waals surface area contributed by atoms with Crippen molar-refractivity contribution in [2.24, 2.45) is 22.9 Å². The number of hydrogen-bond donors (Lipinski definition) is 10. The molecule has 238 valence electrons. The third-order valence-electron chi connectivity index (χ3n) is 8.29. The van der Waals surface area contributed by atoms with Crippen molar-refractivity contribution in [3.8, 4) is 0 Å². The Labute approximate surface area is 238 Å². The lowest BCUT2D eigenvalue weighted by molar-refractivity contribution is -0.284. The van der Waals surface area contributed by atoms with Crippen molar-refractivity contribution in [3.63, 3.8) is 0 Å². The Morgan fingerprint density at radius 3 is 2.10 bits per heavy atom. The lowest BCUT2D eigenvalue weighted by atomic mass is 9.84. The molecule has 2 saturated heterocycles. The molecule has 4 aliphatic rings. The number of nitrogens with one attached hydrogen (secondary N) is 1. The van der Waals surface area contributed by atoms with Gasteiger partial charge >= 0.3 is 0 Å². The molecule has 3 aliphatic heterocycles. The van der Waals surface area contributed by atoms with Gasteiger partial charge in [0.1, 0.15) is 48.8 Å². The highest BCUT2D eigenvalue weighted by Crippen LogP contribution is 2.34. The highest BCUT2D eigenvalue weighted by atomic mass is 16.8. The topological polar surface area (TPSA) is 273 Å². The maximum Gasteiger partial charge on any atom is 0.187 e. The van der Waals surface area contributed by atoms with Crippen molar-refractivity contribution in [3.05, 3.63) is 12.2 Å². The molecular weight excluding hydrogens is 546 g/mol. The molecule has 16 heteroatoms. The standard InChI is InChI=1S/C25H47N5O11/c1-3-9-4-5-10(27)23(36-9)39-20-11(28)6-12(30-2)16(32)22(20)41-25-19(35)21(14(8-31)38-25)40-24-15(29)18(34)17(33)13(7-26)37-24/h4-5,9-25,30-35H,3,6-8,26-29H2,1-2H3/t9-,10-,11+,12-,13+,14-,15-,16+,17-,18-,19-,20-,21-,22-,23-,24-,25+/m1/s1. The van der Waals surface area contributed by atoms with E-state index in [1.165, 1.54) is 0 Å². The molecule has 0 radical (unpaired) electrons. The summed E-state index contributed by atoms with van der Waals surface area (Å²) in [6, 6.07) is -2.85. The van der Waals surface area contributed by atoms with E-state index in [0.717, 1.165) is 0 Å². The molecule has 1 saturated carbocycles. The second-order valence-corrected chi connectivity index (χ2v) is 11.1. The molecule has 4 rings (SSSR count). The number of ether oxygens (including phenoxy) is 6. The Bertz CT molecular complexity index is 861. The molecule has 0 unspecified atom stereocenters. The van der Waals surface area contributed by atoms with Crippen LogP contribution >= 0.6 is 0 Å². The average molecular weight is 594 g/mol. The number of aliphatic hydroxyl groups excluding tert-OH is 5. The van der Waals surface area contributed by atoms with E-state index in [1.807, 2.05) is 13.0 Å². The van der Waals surface area contributed by atoms with E-state index in [2.05, 4.69) is 5.32 Å². The summed E-state index contributed by atoms with van der Waals surface area (Å²) in [6.07, 6.45) is -9.72. The minimum absolute atomic E-state index is 0.124. The van der Waals surface area contributed by atoms with Crippen LogP contribution in [0.4, 0.5) is 0 Å². The molecule has 0 amide bonds. The van der Waals surface area contributed by atoms with Crippen LogP contribution in [0.25, 0.3) is 0 Å². The van der Waals surface area contributed by atoms with Crippen molar-refractivity contribution in [1.29, 1.82) is 0 Å². The van der Waals surface area contributed by atoms with Gasteiger partial charge in [0, 0.05) is 18.6 Å². The van der Waals surface area contributed by atoms with Crippen LogP contribution in [0, 0.1) is 0 Å². The van der Waals surface area contributed by atoms with Crippen LogP contribution in [-0.2, 0) is 28.4 Å². The zero-order valence-electron chi connectivity index (χ0n) is 23.3. The summed E-state index contributed by atoms with van der Waals surface area (Å²) in [5.41, 5.74) is 24.3. The maximum atomic E-state index is 11.2. The minimum Gasteiger partial charge on any atom is -0.394 e. The molecule has 0 bridgehead atoms. The Balaban J connectivity index is 1.50. The molecule has 0 spiro atoms. The third kappa shape index (κ3) is 6.93. The summed E-state index contributed by atoms with van der Waals surface area (Å²) in [6.45, 7) is 1.26. The Kier molecular flexibility index (Phi) is 11.5. The smallest absolute Gasteiger partial charge is 0.187 e. The van der Waals surface area contributed by atoms with E-state index >= 15 is 0 Å². The molecule has 41 heavy (non-hydrogen) atoms. The van der Waals surface area contributed by atoms with Crippen LogP contribution in [0.3, 0.4) is 0 Å². The predicted octanol–water partition coefficient (Wildman–Crippen LogP) is -5.35. The molecule has 17 atom stereocenters. The van der Waals surface area contributed by atoms with Crippen molar-refractivity contribution >= 4 is 0 Å². The van der Waals surface area contributed by atoms with Gasteiger partial charge in [0.25, 0.3) is 0 Å². The Hall–Kier alpha value is -0.900. The van der Waals surface area contributed by atoms with E-state index in [0.29, 0.717) is 12.8 Å². The van der Waals surface area contributed by atoms with E-state index < -0.39 is 105 Å². The fourth-order valence-corrected chi connectivity index (χ4v) is 5.73. The second-order valence-electron chi connectivity index (χ2n) is 11.1. The number of nitrogens with two attached hydrogens (primary N) is 4. The number of hydrogen-bond acceptors (Lipinski definition) is 16. The average Bonchev–Trinajstić information content (AvgIpc) is 3.26. The molecule has 0 aromatic rings. The lowest BCUT2D eigenvalue weighted by Gasteiger charge is -2.46. The monoisotopic (exact) mass is 593 g/mol. The molecule has 1 aliphatic carbocycles. The zero-order chi connectivity index (χ0) is 30.0. The summed E-state index contributed by atoms with van der Waals surface area (Å²) < 4.78 is 35.6. The van der Waals surface area contributed by atoms with Crippen molar-refractivity contribution in [2.45, 2.75) is 124 Å². The summed E-state index contributed by atoms with van der Waals surface area (Å²) in [7, 11) is 1.68. The van der Waals surface area contributed by atoms with Gasteiger partial charge in [-0.1, -0.05) is 19.1 Å². The molecule has 3 fully saturated rings. The number of aliphatic hydroxyl groups is 5. The molecule has 16 nitrogen and oxygen atoms in total. The fraction of sp³-hybridized carbons (Fsp3) is 0.920. The van der Waals surface area contributed by atoms with Gasteiger partial charge < -0.3 is 82.2 Å². The van der Waals surface area contributed by atoms with Gasteiger partial charge in [-0.2, -0.15) is 0 Å². The molecule has 3 heterocycles. The van der Waals surface area contributed by atoms with Gasteiger partial charge in [-0.05, 0) is 19.9 Å². The molecule has 14 N–H and O–H groups in total. The molecular formula is C25H47N5O11. The van der Waals surface area contributed by atoms with Crippen LogP contribution in [0.15, 0.2) is 12.2 Å². The Morgan fingerprint density at radius 1 is 0.805 bits per heavy atom. The Morgan fingerprint density at radius 2 is 1.46 bits per heavy atom. The van der Waals surface area contributed by atoms with Crippen LogP contribution in [0.1, 0.15) is 19.8 Å². The van der Waals surface area contributed by atoms with Gasteiger partial charge in [-0.3, -0.25) is 0 Å². The van der Waals surface area contributed by atoms with E-state index in [4.69, 9.17) is 51.4 Å². The summed E-state index contributed by atoms with van der Waals surface area (Å²) in [4.78, 5) is 0. The quantitative estimate of drug-likeness (QED) is 0.106. The van der Waals surface area contributed by atoms with Gasteiger partial charge in [0.05, 0.1) is 30.9 Å². The summed E-state index contributed by atoms with van der Waals surface area (Å²) in [5.74, 6) is 0. The normalized spacial score (nSPS) is 50.8. The maximum absolute atomic E-state index is 11.2. The van der Waals surface area contributed by atoms with E-state index in [1.54, 1.807) is 13.1 Å². The van der Waals surface area contributed by atoms with Gasteiger partial charge in [-0.15, -0.1) is 0 Å². The summed E-state index contributed by atoms with van der Waals surface area (Å²) in [5, 5.41) is 55.9. The minimum atomic E-state index is -1.50. The van der Waals surface area contributed by atoms with E-state index in [9.17, 15) is 25.5 Å². The first kappa shape index (κ1) is 33.0. The first-order valence-electron chi connectivity index (χ1n) is 14.1. The molecule has 0 aromatic carbocycles. The molecule has 0 aromatic heterocycles. The summed E-state index contributed by atoms with van der Waals surface area (Å²) >= 11 is 0. The van der Waals surface area contributed by atoms with Crippen molar-refractivity contribution in [1.82, 2.24) is 5.32 Å². The predicted molar refractivity (Wildman–Crippen MR) is 142 cm³/mol. The largest absolute Gasteiger partial charge is 0.394 e. The first-order valence-corrected chi connectivity index (χ1v) is 14.1. The van der Waals surface area contributed by atoms with Gasteiger partial charge in [0.2, 0.25) is 0 Å². The number of rotatable bonds is 10. The van der Waals surface area contributed by atoms with Crippen LogP contribution in [-0.4, -0.2) is 150 Å². The highest BCUT2D eigenvalue weighted by Gasteiger charge is 2.53. The third-order valence-corrected chi connectivity index (χ3v) is 8.29. The second kappa shape index (κ2) is 14.3. The van der Waals surface area contributed by atoms with E-state index in [-0.39, 0.29) is 12.6 Å². The number of likely N-dealkylation sites (N-methyl/N-ethyl adjacent to an activating group) is 1. The first-order chi connectivity index (χ1) is 19.5.